The van der Waals surface area contributed by atoms with Gasteiger partial charge in [0, 0.05) is 32.2 Å². The molecular formula is C16H18N4O5S. The molecule has 0 spiro atoms. The second kappa shape index (κ2) is 7.34. The minimum absolute atomic E-state index is 0.0248. The summed E-state index contributed by atoms with van der Waals surface area (Å²) >= 11 is 1.17. The van der Waals surface area contributed by atoms with Crippen molar-refractivity contribution in [3.05, 3.63) is 28.3 Å². The normalized spacial score (nSPS) is 18.3. The second-order valence-electron chi connectivity index (χ2n) is 6.17. The molecule has 0 bridgehead atoms. The van der Waals surface area contributed by atoms with Crippen LogP contribution in [0, 0.1) is 16.0 Å². The molecular weight excluding hydrogens is 360 g/mol. The quantitative estimate of drug-likeness (QED) is 0.607. The van der Waals surface area contributed by atoms with Crippen LogP contribution < -0.4 is 5.32 Å². The van der Waals surface area contributed by atoms with E-state index < -0.39 is 10.8 Å². The molecule has 2 aromatic rings. The van der Waals surface area contributed by atoms with Crippen molar-refractivity contribution in [1.82, 2.24) is 9.88 Å². The number of likely N-dealkylation sites (tertiary alicyclic amines) is 1. The van der Waals surface area contributed by atoms with Crippen LogP contribution in [0.4, 0.5) is 10.8 Å². The van der Waals surface area contributed by atoms with Crippen molar-refractivity contribution in [2.24, 2.45) is 5.92 Å². The van der Waals surface area contributed by atoms with Gasteiger partial charge in [-0.05, 0) is 13.0 Å². The van der Waals surface area contributed by atoms with Crippen LogP contribution in [0.1, 0.15) is 13.3 Å². The molecule has 3 rings (SSSR count). The van der Waals surface area contributed by atoms with Crippen LogP contribution in [-0.2, 0) is 14.3 Å². The third kappa shape index (κ3) is 3.65. The number of benzene rings is 1. The van der Waals surface area contributed by atoms with Crippen LogP contribution in [0.25, 0.3) is 10.2 Å². The molecule has 1 N–H and O–H groups in total. The summed E-state index contributed by atoms with van der Waals surface area (Å²) in [7, 11) is 1.57. The van der Waals surface area contributed by atoms with Gasteiger partial charge in [-0.25, -0.2) is 4.98 Å². The van der Waals surface area contributed by atoms with Crippen molar-refractivity contribution in [2.45, 2.75) is 19.4 Å². The van der Waals surface area contributed by atoms with E-state index in [0.29, 0.717) is 28.5 Å². The number of thiazole rings is 1. The van der Waals surface area contributed by atoms with E-state index in [-0.39, 0.29) is 30.0 Å². The van der Waals surface area contributed by atoms with Crippen molar-refractivity contribution in [1.29, 1.82) is 0 Å². The highest BCUT2D eigenvalue weighted by Crippen LogP contribution is 2.30. The molecule has 0 saturated carbocycles. The topological polar surface area (TPSA) is 115 Å². The zero-order chi connectivity index (χ0) is 18.8. The highest BCUT2D eigenvalue weighted by molar-refractivity contribution is 7.22. The number of anilines is 1. The Hall–Kier alpha value is -2.59. The number of ether oxygens (including phenoxy) is 1. The first-order chi connectivity index (χ1) is 12.4. The lowest BCUT2D eigenvalue weighted by Gasteiger charge is -2.23. The molecule has 138 valence electrons. The number of nitro groups is 1. The smallest absolute Gasteiger partial charge is 0.270 e. The van der Waals surface area contributed by atoms with E-state index in [1.54, 1.807) is 18.1 Å². The number of rotatable bonds is 6. The Morgan fingerprint density at radius 3 is 3.04 bits per heavy atom. The van der Waals surface area contributed by atoms with Gasteiger partial charge in [0.05, 0.1) is 33.7 Å². The zero-order valence-corrected chi connectivity index (χ0v) is 15.1. The van der Waals surface area contributed by atoms with E-state index in [1.165, 1.54) is 23.5 Å². The minimum Gasteiger partial charge on any atom is -0.383 e. The van der Waals surface area contributed by atoms with Gasteiger partial charge >= 0.3 is 0 Å². The summed E-state index contributed by atoms with van der Waals surface area (Å²) in [6.45, 7) is 2.63. The van der Waals surface area contributed by atoms with Crippen LogP contribution in [0.3, 0.4) is 0 Å². The first kappa shape index (κ1) is 18.2. The molecule has 1 fully saturated rings. The number of fused-ring (bicyclic) bond motifs is 1. The number of nitro benzene ring substituents is 1. The number of amides is 2. The summed E-state index contributed by atoms with van der Waals surface area (Å²) < 4.78 is 5.68. The lowest BCUT2D eigenvalue weighted by Crippen LogP contribution is -2.38. The fourth-order valence-corrected chi connectivity index (χ4v) is 3.85. The van der Waals surface area contributed by atoms with Crippen molar-refractivity contribution in [3.63, 3.8) is 0 Å². The third-order valence-electron chi connectivity index (χ3n) is 4.28. The number of methoxy groups -OCH3 is 1. The Balaban J connectivity index is 1.69. The van der Waals surface area contributed by atoms with Gasteiger partial charge in [0.15, 0.2) is 5.13 Å². The summed E-state index contributed by atoms with van der Waals surface area (Å²) in [4.78, 5) is 40.9. The lowest BCUT2D eigenvalue weighted by atomic mass is 10.1. The summed E-state index contributed by atoms with van der Waals surface area (Å²) in [5.41, 5.74) is 0.553. The largest absolute Gasteiger partial charge is 0.383 e. The average Bonchev–Trinajstić information content (AvgIpc) is 3.17. The Bertz CT molecular complexity index is 867. The molecule has 2 amide bonds. The number of carbonyl (C=O) groups is 2. The predicted octanol–water partition coefficient (Wildman–Crippen LogP) is 2.03. The summed E-state index contributed by atoms with van der Waals surface area (Å²) in [5.74, 6) is -0.809. The van der Waals surface area contributed by atoms with Crippen molar-refractivity contribution in [2.75, 3.05) is 25.6 Å². The molecule has 1 aliphatic heterocycles. The van der Waals surface area contributed by atoms with Gasteiger partial charge in [-0.15, -0.1) is 0 Å². The van der Waals surface area contributed by atoms with E-state index in [9.17, 15) is 19.7 Å². The van der Waals surface area contributed by atoms with Crippen LogP contribution in [0.15, 0.2) is 18.2 Å². The number of hydrogen-bond donors (Lipinski definition) is 1. The van der Waals surface area contributed by atoms with E-state index in [1.807, 2.05) is 6.92 Å². The van der Waals surface area contributed by atoms with Crippen molar-refractivity contribution in [3.8, 4) is 0 Å². The first-order valence-corrected chi connectivity index (χ1v) is 8.85. The van der Waals surface area contributed by atoms with Gasteiger partial charge in [-0.1, -0.05) is 11.3 Å². The average molecular weight is 378 g/mol. The SMILES string of the molecule is COC[C@@H](C)N1C[C@H](C(=O)Nc2nc3ccc([N+](=O)[O-])cc3s2)CC1=O. The van der Waals surface area contributed by atoms with Crippen LogP contribution in [-0.4, -0.2) is 52.9 Å². The molecule has 0 radical (unpaired) electrons. The maximum absolute atomic E-state index is 12.5. The molecule has 2 heterocycles. The van der Waals surface area contributed by atoms with Gasteiger partial charge in [-0.3, -0.25) is 19.7 Å². The number of nitrogens with one attached hydrogen (secondary N) is 1. The van der Waals surface area contributed by atoms with E-state index in [4.69, 9.17) is 4.74 Å². The fraction of sp³-hybridized carbons (Fsp3) is 0.438. The van der Waals surface area contributed by atoms with Gasteiger partial charge < -0.3 is 15.0 Å². The van der Waals surface area contributed by atoms with Crippen molar-refractivity contribution >= 4 is 44.2 Å². The summed E-state index contributed by atoms with van der Waals surface area (Å²) in [6.07, 6.45) is 0.149. The predicted molar refractivity (Wildman–Crippen MR) is 96.1 cm³/mol. The van der Waals surface area contributed by atoms with Crippen LogP contribution in [0.2, 0.25) is 0 Å². The molecule has 0 unspecified atom stereocenters. The standard InChI is InChI=1S/C16H18N4O5S/c1-9(8-25-2)19-7-10(5-14(19)21)15(22)18-16-17-12-4-3-11(20(23)24)6-13(12)26-16/h3-4,6,9-10H,5,7-8H2,1-2H3,(H,17,18,22)/t9-,10-/m1/s1. The molecule has 26 heavy (non-hydrogen) atoms. The monoisotopic (exact) mass is 378 g/mol. The molecule has 0 aliphatic carbocycles. The fourth-order valence-electron chi connectivity index (χ4n) is 2.95. The number of non-ortho nitro benzene ring substituents is 1. The number of nitrogens with zero attached hydrogens (tertiary/aromatic N) is 3. The number of hydrogen-bond acceptors (Lipinski definition) is 7. The van der Waals surface area contributed by atoms with Gasteiger partial charge in [0.2, 0.25) is 11.8 Å². The Labute approximate surface area is 153 Å². The van der Waals surface area contributed by atoms with E-state index in [2.05, 4.69) is 10.3 Å². The van der Waals surface area contributed by atoms with Crippen molar-refractivity contribution < 1.29 is 19.2 Å². The Kier molecular flexibility index (Phi) is 5.14. The van der Waals surface area contributed by atoms with E-state index >= 15 is 0 Å². The zero-order valence-electron chi connectivity index (χ0n) is 14.3. The molecule has 1 saturated heterocycles. The van der Waals surface area contributed by atoms with Crippen LogP contribution in [0.5, 0.6) is 0 Å². The summed E-state index contributed by atoms with van der Waals surface area (Å²) in [6, 6.07) is 4.26. The number of aromatic nitrogens is 1. The van der Waals surface area contributed by atoms with Crippen LogP contribution >= 0.6 is 11.3 Å². The molecule has 9 nitrogen and oxygen atoms in total. The highest BCUT2D eigenvalue weighted by Gasteiger charge is 2.36. The Morgan fingerprint density at radius 2 is 2.35 bits per heavy atom. The highest BCUT2D eigenvalue weighted by atomic mass is 32.1. The molecule has 1 aliphatic rings. The maximum Gasteiger partial charge on any atom is 0.270 e. The second-order valence-corrected chi connectivity index (χ2v) is 7.20. The molecule has 10 heteroatoms. The van der Waals surface area contributed by atoms with Gasteiger partial charge in [0.25, 0.3) is 5.69 Å². The molecule has 1 aromatic carbocycles. The summed E-state index contributed by atoms with van der Waals surface area (Å²) in [5, 5.41) is 13.9. The Morgan fingerprint density at radius 1 is 1.58 bits per heavy atom. The first-order valence-electron chi connectivity index (χ1n) is 8.03. The van der Waals surface area contributed by atoms with Gasteiger partial charge in [0.1, 0.15) is 0 Å². The maximum atomic E-state index is 12.5. The third-order valence-corrected chi connectivity index (χ3v) is 5.22. The lowest BCUT2D eigenvalue weighted by molar-refractivity contribution is -0.384. The molecule has 1 aromatic heterocycles. The van der Waals surface area contributed by atoms with E-state index in [0.717, 1.165) is 0 Å². The molecule has 2 atom stereocenters. The number of carbonyl (C=O) groups excluding carboxylic acids is 2. The minimum atomic E-state index is -0.475. The van der Waals surface area contributed by atoms with Gasteiger partial charge in [-0.2, -0.15) is 0 Å².